The summed E-state index contributed by atoms with van der Waals surface area (Å²) in [5, 5.41) is 5.62. The molecule has 0 spiro atoms. The smallest absolute Gasteiger partial charge is 0.287 e. The summed E-state index contributed by atoms with van der Waals surface area (Å²) in [5.74, 6) is -1.50. The Hall–Kier alpha value is -3.16. The summed E-state index contributed by atoms with van der Waals surface area (Å²) in [6, 6.07) is 7.89. The number of benzene rings is 1. The van der Waals surface area contributed by atoms with Crippen LogP contribution in [0.15, 0.2) is 47.1 Å². The number of rotatable bonds is 10. The third-order valence-corrected chi connectivity index (χ3v) is 5.67. The largest absolute Gasteiger partial charge is 0.459 e. The van der Waals surface area contributed by atoms with E-state index in [1.165, 1.54) is 41.5 Å². The molecule has 1 aromatic carbocycles. The van der Waals surface area contributed by atoms with Gasteiger partial charge in [0.05, 0.1) is 12.8 Å². The fraction of sp³-hybridized carbons (Fsp3) is 0.458. The quantitative estimate of drug-likeness (QED) is 0.587. The standard InChI is InChI=1S/C24H30FN3O4/c1-2-3-14-28(21(29)16-26-23(30)20-9-6-15-32-20)22(17-10-12-18(25)13-11-17)24(31)27-19-7-4-5-8-19/h6,9-13,15,19,22H,2-5,7-8,14,16H2,1H3,(H,26,30)(H,27,31)/t22-/m1/s1. The van der Waals surface area contributed by atoms with Crippen LogP contribution in [0.3, 0.4) is 0 Å². The maximum absolute atomic E-state index is 13.5. The zero-order chi connectivity index (χ0) is 22.9. The molecule has 2 aromatic rings. The fourth-order valence-electron chi connectivity index (χ4n) is 3.95. The van der Waals surface area contributed by atoms with Crippen LogP contribution < -0.4 is 10.6 Å². The minimum Gasteiger partial charge on any atom is -0.459 e. The van der Waals surface area contributed by atoms with Gasteiger partial charge in [0.2, 0.25) is 11.8 Å². The maximum Gasteiger partial charge on any atom is 0.287 e. The van der Waals surface area contributed by atoms with Gasteiger partial charge < -0.3 is 20.0 Å². The second kappa shape index (κ2) is 11.5. The van der Waals surface area contributed by atoms with Gasteiger partial charge in [-0.05, 0) is 49.1 Å². The summed E-state index contributed by atoms with van der Waals surface area (Å²) in [6.45, 7) is 2.05. The summed E-state index contributed by atoms with van der Waals surface area (Å²) in [7, 11) is 0. The van der Waals surface area contributed by atoms with Gasteiger partial charge in [-0.25, -0.2) is 4.39 Å². The number of hydrogen-bond donors (Lipinski definition) is 2. The van der Waals surface area contributed by atoms with E-state index >= 15 is 0 Å². The highest BCUT2D eigenvalue weighted by atomic mass is 19.1. The Bertz CT molecular complexity index is 892. The highest BCUT2D eigenvalue weighted by molar-refractivity contribution is 5.95. The van der Waals surface area contributed by atoms with Crippen molar-refractivity contribution in [2.24, 2.45) is 0 Å². The van der Waals surface area contributed by atoms with E-state index in [9.17, 15) is 18.8 Å². The number of carbonyl (C=O) groups excluding carboxylic acids is 3. The van der Waals surface area contributed by atoms with Crippen molar-refractivity contribution < 1.29 is 23.2 Å². The van der Waals surface area contributed by atoms with E-state index in [4.69, 9.17) is 4.42 Å². The third-order valence-electron chi connectivity index (χ3n) is 5.67. The van der Waals surface area contributed by atoms with Crippen molar-refractivity contribution >= 4 is 17.7 Å². The highest BCUT2D eigenvalue weighted by Crippen LogP contribution is 2.25. The minimum absolute atomic E-state index is 0.0761. The first-order chi connectivity index (χ1) is 15.5. The molecule has 1 heterocycles. The monoisotopic (exact) mass is 443 g/mol. The Balaban J connectivity index is 1.81. The van der Waals surface area contributed by atoms with Crippen molar-refractivity contribution in [3.63, 3.8) is 0 Å². The second-order valence-electron chi connectivity index (χ2n) is 8.04. The molecule has 172 valence electrons. The molecule has 3 rings (SSSR count). The molecular weight excluding hydrogens is 413 g/mol. The lowest BCUT2D eigenvalue weighted by Crippen LogP contribution is -2.49. The molecule has 0 radical (unpaired) electrons. The highest BCUT2D eigenvalue weighted by Gasteiger charge is 2.33. The van der Waals surface area contributed by atoms with Crippen molar-refractivity contribution in [2.45, 2.75) is 57.5 Å². The fourth-order valence-corrected chi connectivity index (χ4v) is 3.95. The predicted octanol–water partition coefficient (Wildman–Crippen LogP) is 3.58. The lowest BCUT2D eigenvalue weighted by molar-refractivity contribution is -0.140. The zero-order valence-corrected chi connectivity index (χ0v) is 18.3. The summed E-state index contributed by atoms with van der Waals surface area (Å²) in [4.78, 5) is 40.2. The van der Waals surface area contributed by atoms with Gasteiger partial charge in [0.1, 0.15) is 11.9 Å². The lowest BCUT2D eigenvalue weighted by atomic mass is 10.0. The SMILES string of the molecule is CCCCN(C(=O)CNC(=O)c1ccco1)[C@@H](C(=O)NC1CCCC1)c1ccc(F)cc1. The molecular formula is C24H30FN3O4. The molecule has 1 aromatic heterocycles. The van der Waals surface area contributed by atoms with E-state index in [0.29, 0.717) is 18.5 Å². The number of amides is 3. The van der Waals surface area contributed by atoms with Gasteiger partial charge >= 0.3 is 0 Å². The number of unbranched alkanes of at least 4 members (excludes halogenated alkanes) is 1. The normalized spacial score (nSPS) is 14.7. The van der Waals surface area contributed by atoms with E-state index in [0.717, 1.165) is 32.1 Å². The van der Waals surface area contributed by atoms with Crippen molar-refractivity contribution in [3.05, 3.63) is 59.8 Å². The molecule has 0 bridgehead atoms. The molecule has 7 nitrogen and oxygen atoms in total. The van der Waals surface area contributed by atoms with Gasteiger partial charge in [-0.3, -0.25) is 14.4 Å². The molecule has 1 aliphatic carbocycles. The van der Waals surface area contributed by atoms with Gasteiger partial charge in [0, 0.05) is 12.6 Å². The zero-order valence-electron chi connectivity index (χ0n) is 18.3. The Labute approximate surface area is 187 Å². The van der Waals surface area contributed by atoms with Crippen LogP contribution in [0, 0.1) is 5.82 Å². The van der Waals surface area contributed by atoms with E-state index in [1.807, 2.05) is 6.92 Å². The van der Waals surface area contributed by atoms with Gasteiger partial charge in [0.25, 0.3) is 5.91 Å². The number of nitrogens with zero attached hydrogens (tertiary/aromatic N) is 1. The lowest BCUT2D eigenvalue weighted by Gasteiger charge is -2.32. The van der Waals surface area contributed by atoms with Crippen LogP contribution >= 0.6 is 0 Å². The van der Waals surface area contributed by atoms with Crippen molar-refractivity contribution in [3.8, 4) is 0 Å². The maximum atomic E-state index is 13.5. The number of halogens is 1. The first kappa shape index (κ1) is 23.5. The van der Waals surface area contributed by atoms with Gasteiger partial charge in [-0.1, -0.05) is 38.3 Å². The average Bonchev–Trinajstić information content (AvgIpc) is 3.50. The van der Waals surface area contributed by atoms with E-state index in [2.05, 4.69) is 10.6 Å². The number of nitrogens with one attached hydrogen (secondary N) is 2. The van der Waals surface area contributed by atoms with Crippen LogP contribution in [-0.2, 0) is 9.59 Å². The molecule has 1 fully saturated rings. The summed E-state index contributed by atoms with van der Waals surface area (Å²) in [6.07, 6.45) is 6.82. The number of furan rings is 1. The van der Waals surface area contributed by atoms with Gasteiger partial charge in [0.15, 0.2) is 5.76 Å². The molecule has 1 aliphatic rings. The van der Waals surface area contributed by atoms with E-state index in [1.54, 1.807) is 6.07 Å². The minimum atomic E-state index is -0.907. The van der Waals surface area contributed by atoms with Crippen molar-refractivity contribution in [1.82, 2.24) is 15.5 Å². The molecule has 0 unspecified atom stereocenters. The molecule has 8 heteroatoms. The van der Waals surface area contributed by atoms with Crippen molar-refractivity contribution in [1.29, 1.82) is 0 Å². The Kier molecular flexibility index (Phi) is 8.41. The van der Waals surface area contributed by atoms with Crippen LogP contribution in [0.25, 0.3) is 0 Å². The molecule has 0 saturated heterocycles. The average molecular weight is 444 g/mol. The predicted molar refractivity (Wildman–Crippen MR) is 117 cm³/mol. The molecule has 0 aliphatic heterocycles. The Morgan fingerprint density at radius 1 is 1.16 bits per heavy atom. The van der Waals surface area contributed by atoms with Crippen LogP contribution in [0.1, 0.15) is 67.6 Å². The van der Waals surface area contributed by atoms with Crippen LogP contribution in [0.2, 0.25) is 0 Å². The van der Waals surface area contributed by atoms with Crippen LogP contribution in [-0.4, -0.2) is 41.8 Å². The first-order valence-corrected chi connectivity index (χ1v) is 11.2. The summed E-state index contributed by atoms with van der Waals surface area (Å²) < 4.78 is 18.6. The van der Waals surface area contributed by atoms with Gasteiger partial charge in [-0.15, -0.1) is 0 Å². The van der Waals surface area contributed by atoms with Crippen LogP contribution in [0.4, 0.5) is 4.39 Å². The molecule has 3 amide bonds. The summed E-state index contributed by atoms with van der Waals surface area (Å²) >= 11 is 0. The summed E-state index contributed by atoms with van der Waals surface area (Å²) in [5.41, 5.74) is 0.531. The molecule has 1 saturated carbocycles. The van der Waals surface area contributed by atoms with E-state index in [-0.39, 0.29) is 24.3 Å². The third kappa shape index (κ3) is 6.18. The second-order valence-corrected chi connectivity index (χ2v) is 8.04. The Morgan fingerprint density at radius 2 is 1.88 bits per heavy atom. The number of hydrogen-bond acceptors (Lipinski definition) is 4. The Morgan fingerprint density at radius 3 is 2.50 bits per heavy atom. The molecule has 32 heavy (non-hydrogen) atoms. The molecule has 1 atom stereocenters. The van der Waals surface area contributed by atoms with Crippen LogP contribution in [0.5, 0.6) is 0 Å². The first-order valence-electron chi connectivity index (χ1n) is 11.2. The van der Waals surface area contributed by atoms with E-state index < -0.39 is 23.7 Å². The topological polar surface area (TPSA) is 91.7 Å². The molecule has 2 N–H and O–H groups in total. The number of carbonyl (C=O) groups is 3. The van der Waals surface area contributed by atoms with Gasteiger partial charge in [-0.2, -0.15) is 0 Å². The van der Waals surface area contributed by atoms with Crippen molar-refractivity contribution in [2.75, 3.05) is 13.1 Å².